The summed E-state index contributed by atoms with van der Waals surface area (Å²) in [5.74, 6) is 0. The Morgan fingerprint density at radius 2 is 1.39 bits per heavy atom. The Hall–Kier alpha value is 2.29. The molecule has 1 aromatic rings. The molecule has 3 heteroatoms. The van der Waals surface area contributed by atoms with Crippen LogP contribution in [0.4, 0.5) is 5.69 Å². The number of benzene rings is 1. The fourth-order valence-corrected chi connectivity index (χ4v) is 3.17. The normalized spacial score (nSPS) is 20.6. The molecular weight excluding hydrogens is 272 g/mol. The third-order valence-electron chi connectivity index (χ3n) is 3.68. The van der Waals surface area contributed by atoms with Crippen molar-refractivity contribution < 1.29 is 103 Å². The first-order chi connectivity index (χ1) is 7.43. The van der Waals surface area contributed by atoms with Gasteiger partial charge >= 0.3 is 103 Å². The monoisotopic (exact) mass is 293 g/mol. The van der Waals surface area contributed by atoms with Gasteiger partial charge in [-0.2, -0.15) is 5.69 Å². The Kier molecular flexibility index (Phi) is 9.09. The molecule has 1 aromatic carbocycles. The van der Waals surface area contributed by atoms with Crippen LogP contribution >= 0.6 is 0 Å². The molecule has 2 rings (SSSR count). The van der Waals surface area contributed by atoms with Crippen LogP contribution < -0.4 is 108 Å². The van der Waals surface area contributed by atoms with E-state index in [1.165, 1.54) is 24.9 Å². The Labute approximate surface area is 197 Å². The van der Waals surface area contributed by atoms with Crippen LogP contribution in [0.15, 0.2) is 18.2 Å². The molecular formula is C15H21K2N. The van der Waals surface area contributed by atoms with Crippen molar-refractivity contribution in [1.82, 2.24) is 0 Å². The van der Waals surface area contributed by atoms with Crippen molar-refractivity contribution in [2.45, 2.75) is 58.0 Å². The molecule has 1 saturated heterocycles. The number of nitrogens with zero attached hydrogens (tertiary/aromatic N) is 1. The van der Waals surface area contributed by atoms with E-state index in [-0.39, 0.29) is 114 Å². The molecule has 0 saturated carbocycles. The SMILES string of the molecule is CC1(C)CCCC(C)(C)N1c1c[c-]c[c-]c1.[K+].[K+]. The molecule has 1 aliphatic heterocycles. The summed E-state index contributed by atoms with van der Waals surface area (Å²) in [4.78, 5) is 2.54. The number of piperidine rings is 1. The molecule has 0 aliphatic carbocycles. The minimum atomic E-state index is 0. The quantitative estimate of drug-likeness (QED) is 0.421. The third-order valence-corrected chi connectivity index (χ3v) is 3.68. The van der Waals surface area contributed by atoms with Crippen LogP contribution in [0.2, 0.25) is 0 Å². The maximum Gasteiger partial charge on any atom is 1.00 e. The summed E-state index contributed by atoms with van der Waals surface area (Å²) in [6, 6.07) is 12.3. The molecule has 0 spiro atoms. The van der Waals surface area contributed by atoms with Crippen molar-refractivity contribution in [2.24, 2.45) is 0 Å². The number of hydrogen-bond acceptors (Lipinski definition) is 1. The van der Waals surface area contributed by atoms with Gasteiger partial charge in [0.05, 0.1) is 0 Å². The number of rotatable bonds is 1. The number of hydrogen-bond donors (Lipinski definition) is 0. The van der Waals surface area contributed by atoms with Crippen LogP contribution in [0.5, 0.6) is 0 Å². The van der Waals surface area contributed by atoms with Crippen LogP contribution in [-0.2, 0) is 0 Å². The topological polar surface area (TPSA) is 3.24 Å². The molecule has 0 aromatic heterocycles. The molecule has 0 unspecified atom stereocenters. The predicted molar refractivity (Wildman–Crippen MR) is 68.6 cm³/mol. The summed E-state index contributed by atoms with van der Waals surface area (Å²) in [5.41, 5.74) is 1.70. The summed E-state index contributed by atoms with van der Waals surface area (Å²) in [7, 11) is 0. The molecule has 1 heterocycles. The van der Waals surface area contributed by atoms with Gasteiger partial charge in [0.25, 0.3) is 0 Å². The molecule has 0 amide bonds. The van der Waals surface area contributed by atoms with Gasteiger partial charge in [0.1, 0.15) is 0 Å². The first-order valence-electron chi connectivity index (χ1n) is 6.11. The van der Waals surface area contributed by atoms with Gasteiger partial charge in [-0.1, -0.05) is 0 Å². The van der Waals surface area contributed by atoms with Gasteiger partial charge in [-0.3, -0.25) is 12.1 Å². The zero-order valence-electron chi connectivity index (χ0n) is 12.8. The Morgan fingerprint density at radius 3 is 1.83 bits per heavy atom. The van der Waals surface area contributed by atoms with Gasteiger partial charge in [0.15, 0.2) is 0 Å². The third kappa shape index (κ3) is 4.65. The summed E-state index contributed by atoms with van der Waals surface area (Å²) in [6.45, 7) is 9.34. The van der Waals surface area contributed by atoms with Gasteiger partial charge in [0.2, 0.25) is 0 Å². The van der Waals surface area contributed by atoms with E-state index in [1.54, 1.807) is 0 Å². The molecule has 0 atom stereocenters. The minimum absolute atomic E-state index is 0. The molecule has 0 N–H and O–H groups in total. The van der Waals surface area contributed by atoms with E-state index in [0.717, 1.165) is 0 Å². The van der Waals surface area contributed by atoms with Crippen molar-refractivity contribution in [3.63, 3.8) is 0 Å². The van der Waals surface area contributed by atoms with Crippen molar-refractivity contribution in [3.8, 4) is 0 Å². The number of anilines is 1. The molecule has 88 valence electrons. The second kappa shape index (κ2) is 8.06. The summed E-state index contributed by atoms with van der Waals surface area (Å²) in [6.07, 6.45) is 3.83. The van der Waals surface area contributed by atoms with Crippen LogP contribution in [0.25, 0.3) is 0 Å². The molecule has 18 heavy (non-hydrogen) atoms. The summed E-state index contributed by atoms with van der Waals surface area (Å²) < 4.78 is 0. The fourth-order valence-electron chi connectivity index (χ4n) is 3.17. The summed E-state index contributed by atoms with van der Waals surface area (Å²) >= 11 is 0. The van der Waals surface area contributed by atoms with E-state index in [2.05, 4.69) is 56.9 Å². The second-order valence-electron chi connectivity index (χ2n) is 6.01. The maximum absolute atomic E-state index is 3.14. The fraction of sp³-hybridized carbons (Fsp3) is 0.600. The maximum atomic E-state index is 3.14. The van der Waals surface area contributed by atoms with Crippen molar-refractivity contribution in [2.75, 3.05) is 4.90 Å². The molecule has 0 bridgehead atoms. The molecule has 1 nitrogen and oxygen atoms in total. The van der Waals surface area contributed by atoms with E-state index < -0.39 is 0 Å². The van der Waals surface area contributed by atoms with Gasteiger partial charge in [-0.05, 0) is 47.0 Å². The molecule has 1 aliphatic rings. The Balaban J connectivity index is 0.00000144. The van der Waals surface area contributed by atoms with E-state index >= 15 is 0 Å². The molecule has 0 radical (unpaired) electrons. The van der Waals surface area contributed by atoms with E-state index in [1.807, 2.05) is 6.07 Å². The van der Waals surface area contributed by atoms with Crippen LogP contribution in [0.1, 0.15) is 47.0 Å². The smallest absolute Gasteiger partial charge is 0.468 e. The standard InChI is InChI=1S/C15H21N.2K/c1-14(2)11-8-12-15(3,4)16(14)13-9-6-5-7-10-13;;/h5,9-10H,8,11-12H2,1-4H3;;/q-2;2*+1. The van der Waals surface area contributed by atoms with Gasteiger partial charge in [-0.15, -0.1) is 0 Å². The van der Waals surface area contributed by atoms with Crippen molar-refractivity contribution in [1.29, 1.82) is 0 Å². The Bertz CT molecular complexity index is 344. The van der Waals surface area contributed by atoms with Gasteiger partial charge in [-0.25, -0.2) is 0 Å². The molecule has 1 fully saturated rings. The predicted octanol–water partition coefficient (Wildman–Crippen LogP) is -2.16. The Morgan fingerprint density at radius 1 is 0.944 bits per heavy atom. The van der Waals surface area contributed by atoms with E-state index in [9.17, 15) is 0 Å². The largest absolute Gasteiger partial charge is 1.00 e. The first-order valence-corrected chi connectivity index (χ1v) is 6.11. The van der Waals surface area contributed by atoms with Crippen molar-refractivity contribution >= 4 is 5.69 Å². The minimum Gasteiger partial charge on any atom is -0.468 e. The first kappa shape index (κ1) is 20.3. The van der Waals surface area contributed by atoms with Gasteiger partial charge < -0.3 is 23.1 Å². The van der Waals surface area contributed by atoms with E-state index in [4.69, 9.17) is 0 Å². The van der Waals surface area contributed by atoms with Crippen LogP contribution in [0.3, 0.4) is 0 Å². The average Bonchev–Trinajstić information content (AvgIpc) is 2.16. The van der Waals surface area contributed by atoms with E-state index in [0.29, 0.717) is 0 Å². The zero-order valence-corrected chi connectivity index (χ0v) is 19.0. The van der Waals surface area contributed by atoms with Crippen LogP contribution in [0, 0.1) is 12.1 Å². The van der Waals surface area contributed by atoms with Crippen molar-refractivity contribution in [3.05, 3.63) is 30.3 Å². The van der Waals surface area contributed by atoms with Gasteiger partial charge in [0, 0.05) is 11.1 Å². The second-order valence-corrected chi connectivity index (χ2v) is 6.01. The summed E-state index contributed by atoms with van der Waals surface area (Å²) in [5, 5.41) is 0. The van der Waals surface area contributed by atoms with Crippen LogP contribution in [-0.4, -0.2) is 11.1 Å². The zero-order chi connectivity index (χ0) is 11.8. The average molecular weight is 294 g/mol.